The number of hydrogen-bond acceptors (Lipinski definition) is 6. The smallest absolute Gasteiger partial charge is 0.339 e. The molecule has 0 radical (unpaired) electrons. The maximum absolute atomic E-state index is 14.0. The number of para-hydroxylation sites is 1. The van der Waals surface area contributed by atoms with Gasteiger partial charge in [-0.25, -0.2) is 13.9 Å². The van der Waals surface area contributed by atoms with Crippen molar-refractivity contribution < 1.29 is 28.3 Å². The van der Waals surface area contributed by atoms with E-state index in [4.69, 9.17) is 9.57 Å². The Balaban J connectivity index is 1.35. The number of rotatable bonds is 4. The van der Waals surface area contributed by atoms with E-state index < -0.39 is 35.6 Å². The second-order valence-corrected chi connectivity index (χ2v) is 7.22. The summed E-state index contributed by atoms with van der Waals surface area (Å²) in [5.41, 5.74) is 1.19. The molecule has 3 aromatic rings. The summed E-state index contributed by atoms with van der Waals surface area (Å²) in [5, 5.41) is 4.66. The number of benzene rings is 2. The number of hydroxylamine groups is 2. The summed E-state index contributed by atoms with van der Waals surface area (Å²) in [7, 11) is 0. The number of aromatic nitrogens is 2. The summed E-state index contributed by atoms with van der Waals surface area (Å²) in [5.74, 6) is -3.31. The van der Waals surface area contributed by atoms with Crippen molar-refractivity contribution in [1.29, 1.82) is 0 Å². The standard InChI is InChI=1S/C22H16FN3O5/c23-17-7-3-4-8-18(17)25-12-13(11-24-25)19-16(9-10-30-19)22(29)31-26-20(27)14-5-1-2-6-15(14)21(26)28/h1-8,11-12,16,19H,9-10H2/t16-,19+/m1/s1. The normalized spacial score (nSPS) is 20.2. The molecule has 2 aliphatic heterocycles. The molecule has 3 heterocycles. The van der Waals surface area contributed by atoms with Crippen molar-refractivity contribution in [1.82, 2.24) is 14.8 Å². The lowest BCUT2D eigenvalue weighted by Crippen LogP contribution is -2.35. The van der Waals surface area contributed by atoms with Crippen LogP contribution >= 0.6 is 0 Å². The van der Waals surface area contributed by atoms with Crippen molar-refractivity contribution in [2.75, 3.05) is 6.61 Å². The number of carbonyl (C=O) groups excluding carboxylic acids is 3. The number of halogens is 1. The van der Waals surface area contributed by atoms with Gasteiger partial charge in [0.1, 0.15) is 11.5 Å². The molecule has 2 atom stereocenters. The molecule has 2 amide bonds. The summed E-state index contributed by atoms with van der Waals surface area (Å²) in [6, 6.07) is 12.4. The van der Waals surface area contributed by atoms with Crippen molar-refractivity contribution in [3.05, 3.63) is 83.4 Å². The lowest BCUT2D eigenvalue weighted by atomic mass is 9.98. The van der Waals surface area contributed by atoms with Crippen LogP contribution in [0.3, 0.4) is 0 Å². The zero-order valence-electron chi connectivity index (χ0n) is 16.1. The minimum Gasteiger partial charge on any atom is -0.372 e. The van der Waals surface area contributed by atoms with Gasteiger partial charge in [-0.2, -0.15) is 5.10 Å². The second-order valence-electron chi connectivity index (χ2n) is 7.22. The first kappa shape index (κ1) is 19.1. The first-order valence-electron chi connectivity index (χ1n) is 9.65. The van der Waals surface area contributed by atoms with Gasteiger partial charge in [0.05, 0.1) is 29.3 Å². The van der Waals surface area contributed by atoms with Gasteiger partial charge in [-0.1, -0.05) is 29.3 Å². The predicted molar refractivity (Wildman–Crippen MR) is 103 cm³/mol. The van der Waals surface area contributed by atoms with E-state index in [0.717, 1.165) is 0 Å². The van der Waals surface area contributed by atoms with Crippen LogP contribution in [0.1, 0.15) is 38.8 Å². The molecule has 31 heavy (non-hydrogen) atoms. The zero-order chi connectivity index (χ0) is 21.5. The second kappa shape index (κ2) is 7.44. The van der Waals surface area contributed by atoms with Gasteiger partial charge in [-0.05, 0) is 30.7 Å². The summed E-state index contributed by atoms with van der Waals surface area (Å²) >= 11 is 0. The predicted octanol–water partition coefficient (Wildman–Crippen LogP) is 2.84. The molecule has 9 heteroatoms. The third-order valence-corrected chi connectivity index (χ3v) is 5.36. The van der Waals surface area contributed by atoms with Crippen molar-refractivity contribution in [2.24, 2.45) is 5.92 Å². The highest BCUT2D eigenvalue weighted by molar-refractivity contribution is 6.20. The van der Waals surface area contributed by atoms with Gasteiger partial charge < -0.3 is 9.57 Å². The summed E-state index contributed by atoms with van der Waals surface area (Å²) in [4.78, 5) is 42.9. The molecule has 156 valence electrons. The summed E-state index contributed by atoms with van der Waals surface area (Å²) < 4.78 is 21.1. The van der Waals surface area contributed by atoms with Gasteiger partial charge in [-0.3, -0.25) is 9.59 Å². The number of amides is 2. The Bertz CT molecular complexity index is 1170. The Hall–Kier alpha value is -3.85. The van der Waals surface area contributed by atoms with Crippen molar-refractivity contribution in [2.45, 2.75) is 12.5 Å². The van der Waals surface area contributed by atoms with E-state index in [-0.39, 0.29) is 23.4 Å². The van der Waals surface area contributed by atoms with E-state index in [1.165, 1.54) is 29.1 Å². The molecular formula is C22H16FN3O5. The van der Waals surface area contributed by atoms with Crippen molar-refractivity contribution in [3.8, 4) is 5.69 Å². The zero-order valence-corrected chi connectivity index (χ0v) is 16.1. The summed E-state index contributed by atoms with van der Waals surface area (Å²) in [6.07, 6.45) is 2.72. The Kier molecular flexibility index (Phi) is 4.59. The van der Waals surface area contributed by atoms with E-state index in [9.17, 15) is 18.8 Å². The fraction of sp³-hybridized carbons (Fsp3) is 0.182. The van der Waals surface area contributed by atoms with Crippen LogP contribution in [-0.4, -0.2) is 39.2 Å². The van der Waals surface area contributed by atoms with Crippen LogP contribution < -0.4 is 0 Å². The van der Waals surface area contributed by atoms with Crippen molar-refractivity contribution >= 4 is 17.8 Å². The lowest BCUT2D eigenvalue weighted by molar-refractivity contribution is -0.175. The minimum atomic E-state index is -0.754. The average Bonchev–Trinajstić information content (AvgIpc) is 3.50. The molecule has 0 bridgehead atoms. The highest BCUT2D eigenvalue weighted by Gasteiger charge is 2.43. The maximum atomic E-state index is 14.0. The number of imide groups is 1. The minimum absolute atomic E-state index is 0.186. The van der Waals surface area contributed by atoms with E-state index in [1.54, 1.807) is 36.5 Å². The average molecular weight is 421 g/mol. The Labute approximate surface area is 175 Å². The Morgan fingerprint density at radius 1 is 1.06 bits per heavy atom. The Morgan fingerprint density at radius 2 is 1.74 bits per heavy atom. The topological polar surface area (TPSA) is 90.7 Å². The molecular weight excluding hydrogens is 405 g/mol. The van der Waals surface area contributed by atoms with Crippen LogP contribution in [0, 0.1) is 11.7 Å². The van der Waals surface area contributed by atoms with Gasteiger partial charge in [0, 0.05) is 18.4 Å². The van der Waals surface area contributed by atoms with E-state index in [0.29, 0.717) is 17.0 Å². The molecule has 2 aliphatic rings. The third kappa shape index (κ3) is 3.19. The first-order valence-corrected chi connectivity index (χ1v) is 9.65. The van der Waals surface area contributed by atoms with Crippen LogP contribution in [0.4, 0.5) is 4.39 Å². The van der Waals surface area contributed by atoms with Gasteiger partial charge >= 0.3 is 5.97 Å². The number of nitrogens with zero attached hydrogens (tertiary/aromatic N) is 3. The number of ether oxygens (including phenoxy) is 1. The third-order valence-electron chi connectivity index (χ3n) is 5.36. The lowest BCUT2D eigenvalue weighted by Gasteiger charge is -2.19. The van der Waals surface area contributed by atoms with Gasteiger partial charge in [-0.15, -0.1) is 0 Å². The number of fused-ring (bicyclic) bond motifs is 1. The number of hydrogen-bond donors (Lipinski definition) is 0. The molecule has 1 aromatic heterocycles. The molecule has 0 unspecified atom stereocenters. The van der Waals surface area contributed by atoms with Crippen LogP contribution in [-0.2, 0) is 14.4 Å². The largest absolute Gasteiger partial charge is 0.372 e. The SMILES string of the molecule is O=C(ON1C(=O)c2ccccc2C1=O)[C@@H]1CCO[C@H]1c1cnn(-c2ccccc2F)c1. The van der Waals surface area contributed by atoms with Crippen LogP contribution in [0.25, 0.3) is 5.69 Å². The highest BCUT2D eigenvalue weighted by Crippen LogP contribution is 2.36. The van der Waals surface area contributed by atoms with Gasteiger partial charge in [0.25, 0.3) is 11.8 Å². The Morgan fingerprint density at radius 3 is 2.45 bits per heavy atom. The molecule has 1 saturated heterocycles. The van der Waals surface area contributed by atoms with Crippen LogP contribution in [0.5, 0.6) is 0 Å². The molecule has 8 nitrogen and oxygen atoms in total. The van der Waals surface area contributed by atoms with Crippen LogP contribution in [0.15, 0.2) is 60.9 Å². The highest BCUT2D eigenvalue weighted by atomic mass is 19.1. The fourth-order valence-corrected chi connectivity index (χ4v) is 3.82. The van der Waals surface area contributed by atoms with Gasteiger partial charge in [0.2, 0.25) is 0 Å². The first-order chi connectivity index (χ1) is 15.0. The van der Waals surface area contributed by atoms with E-state index in [2.05, 4.69) is 5.10 Å². The fourth-order valence-electron chi connectivity index (χ4n) is 3.82. The van der Waals surface area contributed by atoms with Gasteiger partial charge in [0.15, 0.2) is 0 Å². The monoisotopic (exact) mass is 421 g/mol. The number of carbonyl (C=O) groups is 3. The molecule has 0 N–H and O–H groups in total. The maximum Gasteiger partial charge on any atom is 0.339 e. The molecule has 0 saturated carbocycles. The quantitative estimate of drug-likeness (QED) is 0.602. The molecule has 0 aliphatic carbocycles. The summed E-state index contributed by atoms with van der Waals surface area (Å²) in [6.45, 7) is 0.289. The molecule has 2 aromatic carbocycles. The van der Waals surface area contributed by atoms with Crippen LogP contribution in [0.2, 0.25) is 0 Å². The van der Waals surface area contributed by atoms with E-state index in [1.807, 2.05) is 0 Å². The molecule has 5 rings (SSSR count). The van der Waals surface area contributed by atoms with E-state index >= 15 is 0 Å². The van der Waals surface area contributed by atoms with Crippen molar-refractivity contribution in [3.63, 3.8) is 0 Å². The molecule has 0 spiro atoms. The molecule has 1 fully saturated rings.